The second kappa shape index (κ2) is 5.36. The first-order valence-corrected chi connectivity index (χ1v) is 6.15. The third-order valence-electron chi connectivity index (χ3n) is 2.53. The second-order valence-corrected chi connectivity index (χ2v) is 5.32. The van der Waals surface area contributed by atoms with E-state index in [0.717, 1.165) is 12.2 Å². The zero-order valence-electron chi connectivity index (χ0n) is 11.7. The lowest BCUT2D eigenvalue weighted by molar-refractivity contribution is 0.392. The van der Waals surface area contributed by atoms with Crippen LogP contribution in [0.5, 0.6) is 5.88 Å². The van der Waals surface area contributed by atoms with Crippen molar-refractivity contribution < 1.29 is 4.74 Å². The number of hydrogen-bond donors (Lipinski definition) is 2. The maximum Gasteiger partial charge on any atom is 0.233 e. The van der Waals surface area contributed by atoms with Crippen molar-refractivity contribution in [3.63, 3.8) is 0 Å². The van der Waals surface area contributed by atoms with E-state index in [1.54, 1.807) is 19.4 Å². The predicted octanol–water partition coefficient (Wildman–Crippen LogP) is 1.76. The Kier molecular flexibility index (Phi) is 3.80. The van der Waals surface area contributed by atoms with E-state index in [2.05, 4.69) is 46.3 Å². The van der Waals surface area contributed by atoms with Crippen molar-refractivity contribution in [3.05, 3.63) is 24.0 Å². The number of H-pyrrole nitrogens is 1. The highest BCUT2D eigenvalue weighted by Crippen LogP contribution is 2.14. The Labute approximate surface area is 112 Å². The largest absolute Gasteiger partial charge is 0.480 e. The molecule has 6 heteroatoms. The molecule has 0 aromatic carbocycles. The van der Waals surface area contributed by atoms with Gasteiger partial charge in [0.05, 0.1) is 13.3 Å². The van der Waals surface area contributed by atoms with Gasteiger partial charge in [-0.1, -0.05) is 0 Å². The number of aromatic nitrogens is 4. The summed E-state index contributed by atoms with van der Waals surface area (Å²) in [5.41, 5.74) is 1.79. The van der Waals surface area contributed by atoms with Gasteiger partial charge < -0.3 is 15.0 Å². The van der Waals surface area contributed by atoms with E-state index in [0.29, 0.717) is 17.4 Å². The van der Waals surface area contributed by atoms with Crippen LogP contribution in [0.25, 0.3) is 11.5 Å². The molecule has 0 aliphatic rings. The summed E-state index contributed by atoms with van der Waals surface area (Å²) in [5.74, 6) is 1.20. The summed E-state index contributed by atoms with van der Waals surface area (Å²) in [4.78, 5) is 7.53. The predicted molar refractivity (Wildman–Crippen MR) is 72.8 cm³/mol. The average molecular weight is 261 g/mol. The van der Waals surface area contributed by atoms with Gasteiger partial charge in [0, 0.05) is 23.8 Å². The highest BCUT2D eigenvalue weighted by Gasteiger charge is 2.10. The zero-order valence-corrected chi connectivity index (χ0v) is 11.7. The molecule has 0 saturated carbocycles. The summed E-state index contributed by atoms with van der Waals surface area (Å²) in [6.45, 7) is 7.11. The number of nitrogens with zero attached hydrogens (tertiary/aromatic N) is 3. The Bertz CT molecular complexity index is 527. The fourth-order valence-electron chi connectivity index (χ4n) is 1.49. The van der Waals surface area contributed by atoms with Crippen LogP contribution in [0, 0.1) is 0 Å². The van der Waals surface area contributed by atoms with E-state index in [-0.39, 0.29) is 5.54 Å². The van der Waals surface area contributed by atoms with Crippen LogP contribution in [0.4, 0.5) is 0 Å². The highest BCUT2D eigenvalue weighted by molar-refractivity contribution is 5.48. The molecule has 0 saturated heterocycles. The molecule has 0 aliphatic heterocycles. The van der Waals surface area contributed by atoms with Gasteiger partial charge in [-0.05, 0) is 26.8 Å². The molecule has 102 valence electrons. The topological polar surface area (TPSA) is 75.7 Å². The molecular formula is C13H19N5O. The van der Waals surface area contributed by atoms with Crippen molar-refractivity contribution in [3.8, 4) is 17.4 Å². The van der Waals surface area contributed by atoms with Crippen molar-refractivity contribution in [1.29, 1.82) is 0 Å². The number of ether oxygens (including phenoxy) is 1. The summed E-state index contributed by atoms with van der Waals surface area (Å²) >= 11 is 0. The molecule has 2 aromatic heterocycles. The van der Waals surface area contributed by atoms with Crippen molar-refractivity contribution in [1.82, 2.24) is 25.5 Å². The quantitative estimate of drug-likeness (QED) is 0.877. The maximum atomic E-state index is 4.97. The van der Waals surface area contributed by atoms with Crippen LogP contribution in [0.2, 0.25) is 0 Å². The minimum Gasteiger partial charge on any atom is -0.480 e. The van der Waals surface area contributed by atoms with Crippen LogP contribution in [-0.2, 0) is 6.54 Å². The van der Waals surface area contributed by atoms with Gasteiger partial charge in [0.15, 0.2) is 5.82 Å². The molecule has 2 heterocycles. The monoisotopic (exact) mass is 261 g/mol. The van der Waals surface area contributed by atoms with E-state index in [4.69, 9.17) is 4.74 Å². The number of hydrogen-bond acceptors (Lipinski definition) is 5. The Morgan fingerprint density at radius 2 is 2.05 bits per heavy atom. The molecule has 0 bridgehead atoms. The van der Waals surface area contributed by atoms with E-state index < -0.39 is 0 Å². The molecule has 0 radical (unpaired) electrons. The molecule has 0 spiro atoms. The number of rotatable bonds is 4. The smallest absolute Gasteiger partial charge is 0.233 e. The van der Waals surface area contributed by atoms with Crippen molar-refractivity contribution in [2.75, 3.05) is 7.11 Å². The van der Waals surface area contributed by atoms with Gasteiger partial charge in [0.1, 0.15) is 5.69 Å². The molecule has 0 fully saturated rings. The second-order valence-electron chi connectivity index (χ2n) is 5.32. The molecule has 6 nitrogen and oxygen atoms in total. The molecule has 0 amide bonds. The minimum atomic E-state index is 0.0746. The first-order chi connectivity index (χ1) is 8.98. The van der Waals surface area contributed by atoms with Gasteiger partial charge in [-0.2, -0.15) is 0 Å². The normalized spacial score (nSPS) is 11.6. The van der Waals surface area contributed by atoms with E-state index >= 15 is 0 Å². The fraction of sp³-hybridized carbons (Fsp3) is 0.462. The first kappa shape index (κ1) is 13.5. The van der Waals surface area contributed by atoms with E-state index in [9.17, 15) is 0 Å². The molecule has 2 rings (SSSR count). The summed E-state index contributed by atoms with van der Waals surface area (Å²) in [5, 5.41) is 11.4. The van der Waals surface area contributed by atoms with Crippen LogP contribution >= 0.6 is 0 Å². The zero-order chi connectivity index (χ0) is 13.9. The molecule has 0 unspecified atom stereocenters. The Morgan fingerprint density at radius 1 is 1.26 bits per heavy atom. The highest BCUT2D eigenvalue weighted by atomic mass is 16.5. The summed E-state index contributed by atoms with van der Waals surface area (Å²) in [6, 6.07) is 3.59. The maximum absolute atomic E-state index is 4.97. The molecule has 2 N–H and O–H groups in total. The number of methoxy groups -OCH3 is 1. The number of aromatic amines is 1. The first-order valence-electron chi connectivity index (χ1n) is 6.15. The van der Waals surface area contributed by atoms with Gasteiger partial charge in [0.25, 0.3) is 0 Å². The van der Waals surface area contributed by atoms with Crippen molar-refractivity contribution in [2.24, 2.45) is 0 Å². The van der Waals surface area contributed by atoms with Crippen LogP contribution in [0.1, 0.15) is 26.5 Å². The average Bonchev–Trinajstić information content (AvgIpc) is 2.84. The molecular weight excluding hydrogens is 242 g/mol. The van der Waals surface area contributed by atoms with Crippen LogP contribution in [0.3, 0.4) is 0 Å². The fourth-order valence-corrected chi connectivity index (χ4v) is 1.49. The number of imidazole rings is 1. The summed E-state index contributed by atoms with van der Waals surface area (Å²) in [6.07, 6.45) is 1.81. The number of nitrogens with one attached hydrogen (secondary N) is 2. The SMILES string of the molecule is COc1ccc(-c2ncc(CNC(C)(C)C)[nH]2)nn1. The Morgan fingerprint density at radius 3 is 2.63 bits per heavy atom. The van der Waals surface area contributed by atoms with E-state index in [1.807, 2.05) is 6.07 Å². The lowest BCUT2D eigenvalue weighted by atomic mass is 10.1. The van der Waals surface area contributed by atoms with Crippen molar-refractivity contribution in [2.45, 2.75) is 32.9 Å². The Balaban J connectivity index is 2.07. The van der Waals surface area contributed by atoms with Crippen LogP contribution in [-0.4, -0.2) is 32.8 Å². The third-order valence-corrected chi connectivity index (χ3v) is 2.53. The van der Waals surface area contributed by atoms with Gasteiger partial charge in [-0.25, -0.2) is 4.98 Å². The molecule has 0 aliphatic carbocycles. The minimum absolute atomic E-state index is 0.0746. The lowest BCUT2D eigenvalue weighted by Crippen LogP contribution is -2.35. The molecule has 19 heavy (non-hydrogen) atoms. The standard InChI is InChI=1S/C13H19N5O/c1-13(2,3)15-8-9-7-14-12(16-9)10-5-6-11(19-4)18-17-10/h5-7,15H,8H2,1-4H3,(H,14,16). The summed E-state index contributed by atoms with van der Waals surface area (Å²) < 4.78 is 4.97. The van der Waals surface area contributed by atoms with Gasteiger partial charge >= 0.3 is 0 Å². The lowest BCUT2D eigenvalue weighted by Gasteiger charge is -2.19. The van der Waals surface area contributed by atoms with E-state index in [1.165, 1.54) is 0 Å². The van der Waals surface area contributed by atoms with Crippen LogP contribution < -0.4 is 10.1 Å². The van der Waals surface area contributed by atoms with Gasteiger partial charge in [-0.15, -0.1) is 10.2 Å². The Hall–Kier alpha value is -1.95. The molecule has 2 aromatic rings. The molecule has 0 atom stereocenters. The summed E-state index contributed by atoms with van der Waals surface area (Å²) in [7, 11) is 1.56. The van der Waals surface area contributed by atoms with Crippen molar-refractivity contribution >= 4 is 0 Å². The van der Waals surface area contributed by atoms with Crippen LogP contribution in [0.15, 0.2) is 18.3 Å². The third kappa shape index (κ3) is 3.75. The van der Waals surface area contributed by atoms with Gasteiger partial charge in [0.2, 0.25) is 5.88 Å². The van der Waals surface area contributed by atoms with Gasteiger partial charge in [-0.3, -0.25) is 0 Å².